The molecule has 28 heavy (non-hydrogen) atoms. The number of rotatable bonds is 9. The fourth-order valence-corrected chi connectivity index (χ4v) is 3.09. The lowest BCUT2D eigenvalue weighted by Crippen LogP contribution is -2.36. The van der Waals surface area contributed by atoms with Crippen LogP contribution in [0.25, 0.3) is 0 Å². The fraction of sp³-hybridized carbons (Fsp3) is 0.409. The van der Waals surface area contributed by atoms with E-state index in [2.05, 4.69) is 34.5 Å². The van der Waals surface area contributed by atoms with Crippen LogP contribution in [0.2, 0.25) is 0 Å². The molecular formula is C22H28N2O4. The molecule has 1 aliphatic rings. The highest BCUT2D eigenvalue weighted by atomic mass is 16.5. The van der Waals surface area contributed by atoms with E-state index in [4.69, 9.17) is 14.2 Å². The van der Waals surface area contributed by atoms with Gasteiger partial charge in [0, 0.05) is 25.3 Å². The molecule has 0 radical (unpaired) electrons. The van der Waals surface area contributed by atoms with Gasteiger partial charge in [-0.05, 0) is 54.8 Å². The average molecular weight is 384 g/mol. The number of hydrogen-bond acceptors (Lipinski definition) is 5. The maximum Gasteiger partial charge on any atom is 0.257 e. The minimum absolute atomic E-state index is 0.0145. The summed E-state index contributed by atoms with van der Waals surface area (Å²) in [6, 6.07) is 15.8. The van der Waals surface area contributed by atoms with Gasteiger partial charge in [-0.1, -0.05) is 12.1 Å². The summed E-state index contributed by atoms with van der Waals surface area (Å²) in [5, 5.41) is 2.90. The van der Waals surface area contributed by atoms with Crippen molar-refractivity contribution in [2.24, 2.45) is 0 Å². The van der Waals surface area contributed by atoms with E-state index in [1.165, 1.54) is 11.3 Å². The molecular weight excluding hydrogens is 356 g/mol. The van der Waals surface area contributed by atoms with Gasteiger partial charge in [0.25, 0.3) is 5.91 Å². The Bertz CT molecular complexity index is 725. The van der Waals surface area contributed by atoms with Crippen LogP contribution in [0.1, 0.15) is 12.0 Å². The first-order chi connectivity index (χ1) is 13.7. The van der Waals surface area contributed by atoms with E-state index in [0.717, 1.165) is 44.9 Å². The van der Waals surface area contributed by atoms with Crippen molar-refractivity contribution in [2.75, 3.05) is 51.5 Å². The van der Waals surface area contributed by atoms with E-state index >= 15 is 0 Å². The summed E-state index contributed by atoms with van der Waals surface area (Å²) in [6.45, 7) is 4.14. The SMILES string of the molecule is COc1ccc(OCC(=O)NCCCc2ccc(N3CCOCC3)cc2)cc1. The van der Waals surface area contributed by atoms with Crippen LogP contribution < -0.4 is 19.7 Å². The maximum absolute atomic E-state index is 11.9. The quantitative estimate of drug-likeness (QED) is 0.674. The van der Waals surface area contributed by atoms with E-state index in [0.29, 0.717) is 12.3 Å². The number of hydrogen-bond donors (Lipinski definition) is 1. The number of aryl methyl sites for hydroxylation is 1. The van der Waals surface area contributed by atoms with E-state index in [-0.39, 0.29) is 12.5 Å². The molecule has 0 unspecified atom stereocenters. The number of ether oxygens (including phenoxy) is 3. The molecule has 1 heterocycles. The lowest BCUT2D eigenvalue weighted by atomic mass is 10.1. The van der Waals surface area contributed by atoms with Gasteiger partial charge in [-0.2, -0.15) is 0 Å². The van der Waals surface area contributed by atoms with Crippen LogP contribution in [0.3, 0.4) is 0 Å². The third kappa shape index (κ3) is 6.16. The normalized spacial score (nSPS) is 13.8. The Hall–Kier alpha value is -2.73. The molecule has 2 aromatic carbocycles. The molecule has 0 aromatic heterocycles. The summed E-state index contributed by atoms with van der Waals surface area (Å²) < 4.78 is 16.0. The molecule has 0 saturated carbocycles. The Morgan fingerprint density at radius 2 is 1.71 bits per heavy atom. The first kappa shape index (κ1) is 20.0. The first-order valence-electron chi connectivity index (χ1n) is 9.70. The molecule has 0 aliphatic carbocycles. The molecule has 2 aromatic rings. The number of amides is 1. The van der Waals surface area contributed by atoms with Crippen LogP contribution in [0, 0.1) is 0 Å². The second kappa shape index (κ2) is 10.6. The number of methoxy groups -OCH3 is 1. The van der Waals surface area contributed by atoms with Gasteiger partial charge >= 0.3 is 0 Å². The lowest BCUT2D eigenvalue weighted by Gasteiger charge is -2.28. The number of nitrogens with zero attached hydrogens (tertiary/aromatic N) is 1. The van der Waals surface area contributed by atoms with Crippen molar-refractivity contribution >= 4 is 11.6 Å². The van der Waals surface area contributed by atoms with E-state index in [1.807, 2.05) is 0 Å². The molecule has 0 bridgehead atoms. The highest BCUT2D eigenvalue weighted by molar-refractivity contribution is 5.77. The van der Waals surface area contributed by atoms with Crippen LogP contribution in [-0.2, 0) is 16.0 Å². The average Bonchev–Trinajstić information content (AvgIpc) is 2.76. The number of nitrogens with one attached hydrogen (secondary N) is 1. The van der Waals surface area contributed by atoms with Crippen molar-refractivity contribution in [1.82, 2.24) is 5.32 Å². The highest BCUT2D eigenvalue weighted by Crippen LogP contribution is 2.18. The van der Waals surface area contributed by atoms with Crippen molar-refractivity contribution in [3.63, 3.8) is 0 Å². The molecule has 0 atom stereocenters. The maximum atomic E-state index is 11.9. The fourth-order valence-electron chi connectivity index (χ4n) is 3.09. The third-order valence-electron chi connectivity index (χ3n) is 4.71. The minimum atomic E-state index is -0.113. The van der Waals surface area contributed by atoms with Crippen LogP contribution in [0.4, 0.5) is 5.69 Å². The van der Waals surface area contributed by atoms with Gasteiger partial charge in [-0.3, -0.25) is 4.79 Å². The minimum Gasteiger partial charge on any atom is -0.497 e. The second-order valence-corrected chi connectivity index (χ2v) is 6.68. The van der Waals surface area contributed by atoms with Gasteiger partial charge in [0.05, 0.1) is 20.3 Å². The largest absolute Gasteiger partial charge is 0.497 e. The third-order valence-corrected chi connectivity index (χ3v) is 4.71. The van der Waals surface area contributed by atoms with Gasteiger partial charge in [0.1, 0.15) is 11.5 Å². The summed E-state index contributed by atoms with van der Waals surface area (Å²) in [6.07, 6.45) is 1.83. The van der Waals surface area contributed by atoms with Gasteiger partial charge in [0.15, 0.2) is 6.61 Å². The Labute approximate surface area is 166 Å². The first-order valence-corrected chi connectivity index (χ1v) is 9.70. The predicted octanol–water partition coefficient (Wildman–Crippen LogP) is 2.66. The topological polar surface area (TPSA) is 60.0 Å². The van der Waals surface area contributed by atoms with Gasteiger partial charge in [-0.25, -0.2) is 0 Å². The zero-order valence-electron chi connectivity index (χ0n) is 16.4. The monoisotopic (exact) mass is 384 g/mol. The summed E-state index contributed by atoms with van der Waals surface area (Å²) in [7, 11) is 1.61. The van der Waals surface area contributed by atoms with Gasteiger partial charge < -0.3 is 24.4 Å². The molecule has 6 heteroatoms. The van der Waals surface area contributed by atoms with Crippen molar-refractivity contribution < 1.29 is 19.0 Å². The lowest BCUT2D eigenvalue weighted by molar-refractivity contribution is -0.123. The Balaban J connectivity index is 1.31. The smallest absolute Gasteiger partial charge is 0.257 e. The summed E-state index contributed by atoms with van der Waals surface area (Å²) in [5.41, 5.74) is 2.52. The number of anilines is 1. The zero-order valence-corrected chi connectivity index (χ0v) is 16.4. The summed E-state index contributed by atoms with van der Waals surface area (Å²) in [5.74, 6) is 1.30. The van der Waals surface area contributed by atoms with Crippen LogP contribution in [0.15, 0.2) is 48.5 Å². The Morgan fingerprint density at radius 3 is 2.39 bits per heavy atom. The number of benzene rings is 2. The second-order valence-electron chi connectivity index (χ2n) is 6.68. The molecule has 1 aliphatic heterocycles. The number of morpholine rings is 1. The van der Waals surface area contributed by atoms with Crippen molar-refractivity contribution in [2.45, 2.75) is 12.8 Å². The summed E-state index contributed by atoms with van der Waals surface area (Å²) in [4.78, 5) is 14.2. The molecule has 1 saturated heterocycles. The van der Waals surface area contributed by atoms with Gasteiger partial charge in [0.2, 0.25) is 0 Å². The zero-order chi connectivity index (χ0) is 19.6. The Morgan fingerprint density at radius 1 is 1.04 bits per heavy atom. The van der Waals surface area contributed by atoms with E-state index < -0.39 is 0 Å². The highest BCUT2D eigenvalue weighted by Gasteiger charge is 2.10. The van der Waals surface area contributed by atoms with E-state index in [1.54, 1.807) is 31.4 Å². The summed E-state index contributed by atoms with van der Waals surface area (Å²) >= 11 is 0. The van der Waals surface area contributed by atoms with Crippen molar-refractivity contribution in [1.29, 1.82) is 0 Å². The number of carbonyl (C=O) groups excluding carboxylic acids is 1. The van der Waals surface area contributed by atoms with Crippen LogP contribution in [-0.4, -0.2) is 52.5 Å². The Kier molecular flexibility index (Phi) is 7.55. The molecule has 1 N–H and O–H groups in total. The molecule has 0 spiro atoms. The molecule has 150 valence electrons. The van der Waals surface area contributed by atoms with Crippen molar-refractivity contribution in [3.8, 4) is 11.5 Å². The predicted molar refractivity (Wildman–Crippen MR) is 109 cm³/mol. The molecule has 3 rings (SSSR count). The van der Waals surface area contributed by atoms with Crippen molar-refractivity contribution in [3.05, 3.63) is 54.1 Å². The standard InChI is InChI=1S/C22H28N2O4/c1-26-20-8-10-21(11-9-20)28-17-22(25)23-12-2-3-18-4-6-19(7-5-18)24-13-15-27-16-14-24/h4-11H,2-3,12-17H2,1H3,(H,23,25). The molecule has 6 nitrogen and oxygen atoms in total. The van der Waals surface area contributed by atoms with Gasteiger partial charge in [-0.15, -0.1) is 0 Å². The number of carbonyl (C=O) groups is 1. The van der Waals surface area contributed by atoms with Crippen LogP contribution in [0.5, 0.6) is 11.5 Å². The van der Waals surface area contributed by atoms with E-state index in [9.17, 15) is 4.79 Å². The van der Waals surface area contributed by atoms with Crippen LogP contribution >= 0.6 is 0 Å². The molecule has 1 fully saturated rings. The molecule has 1 amide bonds.